The van der Waals surface area contributed by atoms with Gasteiger partial charge in [-0.05, 0) is 44.2 Å². The van der Waals surface area contributed by atoms with Gasteiger partial charge in [-0.3, -0.25) is 4.79 Å². The molecule has 8 heteroatoms. The van der Waals surface area contributed by atoms with Crippen LogP contribution in [0.2, 0.25) is 0 Å². The zero-order chi connectivity index (χ0) is 19.4. The van der Waals surface area contributed by atoms with Gasteiger partial charge >= 0.3 is 0 Å². The summed E-state index contributed by atoms with van der Waals surface area (Å²) in [6.45, 7) is 3.95. The first-order chi connectivity index (χ1) is 12.8. The number of likely N-dealkylation sites (N-methyl/N-ethyl adjacent to an activating group) is 1. The van der Waals surface area contributed by atoms with E-state index in [0.29, 0.717) is 5.69 Å². The molecule has 0 spiro atoms. The lowest BCUT2D eigenvalue weighted by atomic mass is 10.2. The van der Waals surface area contributed by atoms with Crippen molar-refractivity contribution in [1.82, 2.24) is 9.21 Å². The van der Waals surface area contributed by atoms with Crippen molar-refractivity contribution < 1.29 is 13.2 Å². The van der Waals surface area contributed by atoms with Crippen LogP contribution < -0.4 is 10.2 Å². The summed E-state index contributed by atoms with van der Waals surface area (Å²) < 4.78 is 25.5. The normalized spacial score (nSPS) is 19.6. The van der Waals surface area contributed by atoms with Gasteiger partial charge in [0.15, 0.2) is 0 Å². The van der Waals surface area contributed by atoms with Crippen LogP contribution in [0.1, 0.15) is 25.7 Å². The molecule has 1 saturated heterocycles. The van der Waals surface area contributed by atoms with Crippen LogP contribution >= 0.6 is 0 Å². The molecule has 1 aliphatic heterocycles. The largest absolute Gasteiger partial charge is 0.369 e. The van der Waals surface area contributed by atoms with Crippen molar-refractivity contribution >= 4 is 27.3 Å². The molecule has 150 valence electrons. The van der Waals surface area contributed by atoms with Crippen LogP contribution in [0, 0.1) is 0 Å². The Labute approximate surface area is 162 Å². The third-order valence-corrected chi connectivity index (χ3v) is 6.76. The van der Waals surface area contributed by atoms with Gasteiger partial charge in [0.1, 0.15) is 0 Å². The number of piperazine rings is 1. The van der Waals surface area contributed by atoms with Crippen LogP contribution in [0.4, 0.5) is 11.4 Å². The molecule has 2 aliphatic rings. The standard InChI is InChI=1S/C19H30N4O3S/c1-21-11-13-22(14-12-21)17-9-7-16(8-10-17)20-19(24)15-23(27(2,25)26)18-5-3-4-6-18/h7-10,18H,3-6,11-15H2,1-2H3,(H,20,24). The molecule has 0 unspecified atom stereocenters. The van der Waals surface area contributed by atoms with Crippen molar-refractivity contribution in [3.05, 3.63) is 24.3 Å². The molecular weight excluding hydrogens is 364 g/mol. The number of carbonyl (C=O) groups is 1. The summed E-state index contributed by atoms with van der Waals surface area (Å²) in [7, 11) is -1.27. The molecule has 0 atom stereocenters. The third kappa shape index (κ3) is 5.43. The first-order valence-corrected chi connectivity index (χ1v) is 11.5. The Kier molecular flexibility index (Phi) is 6.39. The fraction of sp³-hybridized carbons (Fsp3) is 0.632. The van der Waals surface area contributed by atoms with E-state index in [-0.39, 0.29) is 18.5 Å². The summed E-state index contributed by atoms with van der Waals surface area (Å²) in [5.41, 5.74) is 1.84. The maximum atomic E-state index is 12.4. The van der Waals surface area contributed by atoms with Crippen molar-refractivity contribution in [3.63, 3.8) is 0 Å². The van der Waals surface area contributed by atoms with Gasteiger partial charge < -0.3 is 15.1 Å². The van der Waals surface area contributed by atoms with Gasteiger partial charge in [-0.1, -0.05) is 12.8 Å². The monoisotopic (exact) mass is 394 g/mol. The van der Waals surface area contributed by atoms with E-state index >= 15 is 0 Å². The summed E-state index contributed by atoms with van der Waals surface area (Å²) in [4.78, 5) is 17.1. The smallest absolute Gasteiger partial charge is 0.239 e. The van der Waals surface area contributed by atoms with E-state index in [9.17, 15) is 13.2 Å². The Morgan fingerprint density at radius 2 is 1.70 bits per heavy atom. The second-order valence-electron chi connectivity index (χ2n) is 7.63. The molecule has 27 heavy (non-hydrogen) atoms. The van der Waals surface area contributed by atoms with Crippen molar-refractivity contribution in [2.75, 3.05) is 56.2 Å². The molecule has 1 aromatic rings. The van der Waals surface area contributed by atoms with E-state index in [1.165, 1.54) is 10.6 Å². The number of hydrogen-bond acceptors (Lipinski definition) is 5. The Bertz CT molecular complexity index is 737. The van der Waals surface area contributed by atoms with Gasteiger partial charge in [-0.25, -0.2) is 8.42 Å². The summed E-state index contributed by atoms with van der Waals surface area (Å²) in [6, 6.07) is 7.72. The first kappa shape index (κ1) is 20.1. The average molecular weight is 395 g/mol. The zero-order valence-electron chi connectivity index (χ0n) is 16.2. The second-order valence-corrected chi connectivity index (χ2v) is 9.57. The van der Waals surface area contributed by atoms with E-state index in [0.717, 1.165) is 57.5 Å². The third-order valence-electron chi connectivity index (χ3n) is 5.48. The minimum absolute atomic E-state index is 0.0506. The molecule has 2 fully saturated rings. The lowest BCUT2D eigenvalue weighted by Gasteiger charge is -2.34. The van der Waals surface area contributed by atoms with Crippen LogP contribution in [0.15, 0.2) is 24.3 Å². The first-order valence-electron chi connectivity index (χ1n) is 9.63. The average Bonchev–Trinajstić information content (AvgIpc) is 3.14. The maximum Gasteiger partial charge on any atom is 0.239 e. The quantitative estimate of drug-likeness (QED) is 0.793. The number of rotatable bonds is 6. The highest BCUT2D eigenvalue weighted by Gasteiger charge is 2.30. The fourth-order valence-electron chi connectivity index (χ4n) is 3.87. The lowest BCUT2D eigenvalue weighted by Crippen LogP contribution is -2.44. The molecule has 0 radical (unpaired) electrons. The second kappa shape index (κ2) is 8.58. The molecule has 1 amide bonds. The van der Waals surface area contributed by atoms with Crippen LogP contribution in [0.25, 0.3) is 0 Å². The van der Waals surface area contributed by atoms with Gasteiger partial charge in [0.05, 0.1) is 12.8 Å². The lowest BCUT2D eigenvalue weighted by molar-refractivity contribution is -0.116. The molecule has 1 heterocycles. The van der Waals surface area contributed by atoms with Crippen LogP contribution in [-0.2, 0) is 14.8 Å². The number of nitrogens with zero attached hydrogens (tertiary/aromatic N) is 3. The number of hydrogen-bond donors (Lipinski definition) is 1. The summed E-state index contributed by atoms with van der Waals surface area (Å²) in [5, 5.41) is 2.83. The summed E-state index contributed by atoms with van der Waals surface area (Å²) in [5.74, 6) is -0.292. The molecule has 1 N–H and O–H groups in total. The minimum atomic E-state index is -3.40. The number of nitrogens with one attached hydrogen (secondary N) is 1. The van der Waals surface area contributed by atoms with Crippen molar-refractivity contribution in [2.45, 2.75) is 31.7 Å². The van der Waals surface area contributed by atoms with Crippen LogP contribution in [-0.4, -0.2) is 75.6 Å². The molecule has 0 aromatic heterocycles. The van der Waals surface area contributed by atoms with E-state index < -0.39 is 10.0 Å². The SMILES string of the molecule is CN1CCN(c2ccc(NC(=O)CN(C3CCCC3)S(C)(=O)=O)cc2)CC1. The Morgan fingerprint density at radius 1 is 1.11 bits per heavy atom. The van der Waals surface area contributed by atoms with E-state index in [4.69, 9.17) is 0 Å². The van der Waals surface area contributed by atoms with E-state index in [1.54, 1.807) is 0 Å². The number of sulfonamides is 1. The number of amides is 1. The van der Waals surface area contributed by atoms with E-state index in [2.05, 4.69) is 22.2 Å². The predicted octanol–water partition coefficient (Wildman–Crippen LogP) is 1.58. The minimum Gasteiger partial charge on any atom is -0.369 e. The number of benzene rings is 1. The molecule has 7 nitrogen and oxygen atoms in total. The molecule has 1 saturated carbocycles. The molecule has 0 bridgehead atoms. The van der Waals surface area contributed by atoms with Crippen molar-refractivity contribution in [3.8, 4) is 0 Å². The van der Waals surface area contributed by atoms with Gasteiger partial charge in [-0.15, -0.1) is 0 Å². The van der Waals surface area contributed by atoms with E-state index in [1.807, 2.05) is 24.3 Å². The Balaban J connectivity index is 1.58. The summed E-state index contributed by atoms with van der Waals surface area (Å²) >= 11 is 0. The zero-order valence-corrected chi connectivity index (χ0v) is 17.0. The highest BCUT2D eigenvalue weighted by molar-refractivity contribution is 7.88. The maximum absolute atomic E-state index is 12.4. The van der Waals surface area contributed by atoms with Gasteiger partial charge in [0.25, 0.3) is 0 Å². The highest BCUT2D eigenvalue weighted by atomic mass is 32.2. The highest BCUT2D eigenvalue weighted by Crippen LogP contribution is 2.25. The van der Waals surface area contributed by atoms with Crippen molar-refractivity contribution in [2.24, 2.45) is 0 Å². The topological polar surface area (TPSA) is 73.0 Å². The van der Waals surface area contributed by atoms with Gasteiger partial charge in [-0.2, -0.15) is 4.31 Å². The predicted molar refractivity (Wildman–Crippen MR) is 109 cm³/mol. The Morgan fingerprint density at radius 3 is 2.26 bits per heavy atom. The number of anilines is 2. The fourth-order valence-corrected chi connectivity index (χ4v) is 4.98. The van der Waals surface area contributed by atoms with Gasteiger partial charge in [0, 0.05) is 43.6 Å². The Hall–Kier alpha value is -1.64. The molecule has 3 rings (SSSR count). The molecular formula is C19H30N4O3S. The van der Waals surface area contributed by atoms with Gasteiger partial charge in [0.2, 0.25) is 15.9 Å². The van der Waals surface area contributed by atoms with Crippen LogP contribution in [0.3, 0.4) is 0 Å². The summed E-state index contributed by atoms with van der Waals surface area (Å²) in [6.07, 6.45) is 4.89. The molecule has 1 aromatic carbocycles. The molecule has 1 aliphatic carbocycles. The van der Waals surface area contributed by atoms with Crippen molar-refractivity contribution in [1.29, 1.82) is 0 Å². The van der Waals surface area contributed by atoms with Crippen LogP contribution in [0.5, 0.6) is 0 Å². The number of carbonyl (C=O) groups excluding carboxylic acids is 1.